The topological polar surface area (TPSA) is 127 Å². The van der Waals surface area contributed by atoms with Crippen LogP contribution in [-0.4, -0.2) is 36.9 Å². The third kappa shape index (κ3) is 5.40. The number of amides is 1. The van der Waals surface area contributed by atoms with Crippen LogP contribution in [0, 0.1) is 6.92 Å². The fraction of sp³-hybridized carbons (Fsp3) is 0.222. The Hall–Kier alpha value is -2.83. The number of hydrogen-bond donors (Lipinski definition) is 2. The van der Waals surface area contributed by atoms with E-state index in [2.05, 4.69) is 20.0 Å². The summed E-state index contributed by atoms with van der Waals surface area (Å²) in [7, 11) is -3.75. The third-order valence-electron chi connectivity index (χ3n) is 3.67. The molecule has 0 fully saturated rings. The summed E-state index contributed by atoms with van der Waals surface area (Å²) in [5.41, 5.74) is 0.877. The number of ether oxygens (including phenoxy) is 1. The molecule has 3 rings (SSSR count). The van der Waals surface area contributed by atoms with Crippen molar-refractivity contribution in [1.82, 2.24) is 9.97 Å². The fourth-order valence-corrected chi connectivity index (χ4v) is 5.23. The zero-order valence-electron chi connectivity index (χ0n) is 16.0. The lowest BCUT2D eigenvalue weighted by Crippen LogP contribution is -2.15. The number of aromatic nitrogens is 2. The van der Waals surface area contributed by atoms with Crippen LogP contribution in [-0.2, 0) is 26.0 Å². The highest BCUT2D eigenvalue weighted by Crippen LogP contribution is 2.24. The molecule has 0 saturated carbocycles. The number of esters is 1. The number of hydrogen-bond acceptors (Lipinski definition) is 9. The van der Waals surface area contributed by atoms with E-state index in [1.54, 1.807) is 37.4 Å². The zero-order chi connectivity index (χ0) is 21.7. The van der Waals surface area contributed by atoms with E-state index in [0.717, 1.165) is 22.7 Å². The highest BCUT2D eigenvalue weighted by atomic mass is 32.2. The maximum Gasteiger partial charge on any atom is 0.350 e. The summed E-state index contributed by atoms with van der Waals surface area (Å²) in [5, 5.41) is 4.66. The van der Waals surface area contributed by atoms with Crippen LogP contribution in [0.1, 0.15) is 28.0 Å². The molecule has 0 radical (unpaired) electrons. The van der Waals surface area contributed by atoms with Gasteiger partial charge in [-0.2, -0.15) is 0 Å². The van der Waals surface area contributed by atoms with Crippen LogP contribution >= 0.6 is 22.7 Å². The van der Waals surface area contributed by atoms with Gasteiger partial charge in [0.25, 0.3) is 10.0 Å². The van der Waals surface area contributed by atoms with E-state index < -0.39 is 16.0 Å². The number of nitrogens with zero attached hydrogens (tertiary/aromatic N) is 2. The highest BCUT2D eigenvalue weighted by molar-refractivity contribution is 7.93. The molecular weight excluding hydrogens is 448 g/mol. The van der Waals surface area contributed by atoms with Crippen LogP contribution in [0.4, 0.5) is 10.3 Å². The SMILES string of the molecule is CCOC(=O)c1sc(NC(=O)Cc2csc(NS(=O)(=O)c3ccccc3)n2)nc1C. The second-order valence-corrected chi connectivity index (χ2v) is 9.48. The Labute approximate surface area is 181 Å². The summed E-state index contributed by atoms with van der Waals surface area (Å²) in [6.07, 6.45) is -0.0725. The van der Waals surface area contributed by atoms with Gasteiger partial charge >= 0.3 is 5.97 Å². The molecule has 9 nitrogen and oxygen atoms in total. The Kier molecular flexibility index (Phi) is 6.80. The number of sulfonamides is 1. The van der Waals surface area contributed by atoms with Crippen molar-refractivity contribution in [1.29, 1.82) is 0 Å². The summed E-state index contributed by atoms with van der Waals surface area (Å²) in [6, 6.07) is 7.92. The van der Waals surface area contributed by atoms with Gasteiger partial charge in [-0.1, -0.05) is 29.5 Å². The number of thiazole rings is 2. The normalized spacial score (nSPS) is 11.1. The molecule has 2 N–H and O–H groups in total. The molecule has 1 amide bonds. The van der Waals surface area contributed by atoms with Crippen LogP contribution in [0.2, 0.25) is 0 Å². The Bertz CT molecular complexity index is 1160. The first kappa shape index (κ1) is 21.9. The van der Waals surface area contributed by atoms with Crippen LogP contribution in [0.3, 0.4) is 0 Å². The van der Waals surface area contributed by atoms with Crippen LogP contribution in [0.25, 0.3) is 0 Å². The Morgan fingerprint density at radius 3 is 2.57 bits per heavy atom. The Morgan fingerprint density at radius 1 is 1.13 bits per heavy atom. The molecule has 12 heteroatoms. The minimum Gasteiger partial charge on any atom is -0.462 e. The van der Waals surface area contributed by atoms with Gasteiger partial charge in [-0.25, -0.2) is 23.2 Å². The summed E-state index contributed by atoms with van der Waals surface area (Å²) in [4.78, 5) is 32.9. The molecule has 3 aromatic rings. The first-order valence-electron chi connectivity index (χ1n) is 8.75. The van der Waals surface area contributed by atoms with Crippen molar-refractivity contribution in [2.75, 3.05) is 16.6 Å². The molecule has 0 aliphatic carbocycles. The second kappa shape index (κ2) is 9.32. The van der Waals surface area contributed by atoms with E-state index >= 15 is 0 Å². The molecule has 0 atom stereocenters. The van der Waals surface area contributed by atoms with E-state index in [1.165, 1.54) is 12.1 Å². The first-order valence-corrected chi connectivity index (χ1v) is 11.9. The standard InChI is InChI=1S/C18H18N4O5S3/c1-3-27-16(24)15-11(2)19-17(29-15)21-14(23)9-12-10-28-18(20-12)22-30(25,26)13-7-5-4-6-8-13/h4-8,10H,3,9H2,1-2H3,(H,20,22)(H,19,21,23). The quantitative estimate of drug-likeness (QED) is 0.488. The number of rotatable bonds is 8. The van der Waals surface area contributed by atoms with E-state index in [9.17, 15) is 18.0 Å². The molecule has 0 aliphatic heterocycles. The largest absolute Gasteiger partial charge is 0.462 e. The lowest BCUT2D eigenvalue weighted by atomic mass is 10.3. The lowest BCUT2D eigenvalue weighted by Gasteiger charge is -2.04. The van der Waals surface area contributed by atoms with Crippen molar-refractivity contribution in [3.63, 3.8) is 0 Å². The van der Waals surface area contributed by atoms with Gasteiger partial charge < -0.3 is 10.1 Å². The van der Waals surface area contributed by atoms with Crippen LogP contribution in [0.15, 0.2) is 40.6 Å². The number of carbonyl (C=O) groups is 2. The van der Waals surface area contributed by atoms with Crippen molar-refractivity contribution < 1.29 is 22.7 Å². The second-order valence-electron chi connectivity index (χ2n) is 5.94. The van der Waals surface area contributed by atoms with Crippen LogP contribution in [0.5, 0.6) is 0 Å². The first-order chi connectivity index (χ1) is 14.3. The number of aryl methyl sites for hydroxylation is 1. The van der Waals surface area contributed by atoms with E-state index in [0.29, 0.717) is 16.3 Å². The molecule has 0 bridgehead atoms. The molecule has 0 saturated heterocycles. The third-order valence-corrected chi connectivity index (χ3v) is 7.02. The van der Waals surface area contributed by atoms with E-state index in [4.69, 9.17) is 4.74 Å². The summed E-state index contributed by atoms with van der Waals surface area (Å²) in [5.74, 6) is -0.871. The average molecular weight is 467 g/mol. The van der Waals surface area contributed by atoms with Gasteiger partial charge in [0.2, 0.25) is 5.91 Å². The molecule has 2 heterocycles. The number of benzene rings is 1. The van der Waals surface area contributed by atoms with Crippen LogP contribution < -0.4 is 10.0 Å². The molecule has 0 unspecified atom stereocenters. The summed E-state index contributed by atoms with van der Waals surface area (Å²) < 4.78 is 32.0. The lowest BCUT2D eigenvalue weighted by molar-refractivity contribution is -0.115. The van der Waals surface area contributed by atoms with Gasteiger partial charge in [0.15, 0.2) is 10.3 Å². The average Bonchev–Trinajstić information content (AvgIpc) is 3.28. The molecule has 0 spiro atoms. The Balaban J connectivity index is 1.62. The highest BCUT2D eigenvalue weighted by Gasteiger charge is 2.19. The monoisotopic (exact) mass is 466 g/mol. The molecule has 1 aromatic carbocycles. The predicted molar refractivity (Wildman–Crippen MR) is 115 cm³/mol. The number of nitrogens with one attached hydrogen (secondary N) is 2. The van der Waals surface area contributed by atoms with E-state index in [1.807, 2.05) is 0 Å². The minimum absolute atomic E-state index is 0.0725. The Morgan fingerprint density at radius 2 is 1.87 bits per heavy atom. The van der Waals surface area contributed by atoms with Gasteiger partial charge in [0.05, 0.1) is 29.3 Å². The number of carbonyl (C=O) groups excluding carboxylic acids is 2. The van der Waals surface area contributed by atoms with Gasteiger partial charge in [0, 0.05) is 5.38 Å². The molecule has 2 aromatic heterocycles. The van der Waals surface area contributed by atoms with Crippen molar-refractivity contribution in [3.05, 3.63) is 52.0 Å². The smallest absolute Gasteiger partial charge is 0.350 e. The minimum atomic E-state index is -3.75. The zero-order valence-corrected chi connectivity index (χ0v) is 18.5. The summed E-state index contributed by atoms with van der Waals surface area (Å²) >= 11 is 2.11. The maximum atomic E-state index is 12.3. The molecule has 158 valence electrons. The fourth-order valence-electron chi connectivity index (χ4n) is 2.37. The predicted octanol–water partition coefficient (Wildman–Crippen LogP) is 3.07. The van der Waals surface area contributed by atoms with Crippen molar-refractivity contribution in [2.24, 2.45) is 0 Å². The number of anilines is 2. The van der Waals surface area contributed by atoms with E-state index in [-0.39, 0.29) is 34.1 Å². The van der Waals surface area contributed by atoms with Crippen molar-refractivity contribution >= 4 is 54.8 Å². The van der Waals surface area contributed by atoms with Gasteiger partial charge in [0.1, 0.15) is 4.88 Å². The van der Waals surface area contributed by atoms with Crippen molar-refractivity contribution in [3.8, 4) is 0 Å². The van der Waals surface area contributed by atoms with Crippen molar-refractivity contribution in [2.45, 2.75) is 25.2 Å². The van der Waals surface area contributed by atoms with Gasteiger partial charge in [-0.3, -0.25) is 9.52 Å². The maximum absolute atomic E-state index is 12.3. The van der Waals surface area contributed by atoms with Gasteiger partial charge in [-0.15, -0.1) is 11.3 Å². The molecule has 0 aliphatic rings. The van der Waals surface area contributed by atoms with Gasteiger partial charge in [-0.05, 0) is 26.0 Å². The summed E-state index contributed by atoms with van der Waals surface area (Å²) in [6.45, 7) is 3.61. The molecular formula is C18H18N4O5S3. The molecule has 30 heavy (non-hydrogen) atoms.